The highest BCUT2D eigenvalue weighted by Crippen LogP contribution is 1.83. The van der Waals surface area contributed by atoms with Gasteiger partial charge in [0.2, 0.25) is 0 Å². The Kier molecular flexibility index (Phi) is 3.58. The van der Waals surface area contributed by atoms with Gasteiger partial charge in [-0.25, -0.2) is 0 Å². The van der Waals surface area contributed by atoms with Crippen LogP contribution >= 0.6 is 11.6 Å². The van der Waals surface area contributed by atoms with Crippen LogP contribution in [-0.2, 0) is 0 Å². The second-order valence-corrected chi connectivity index (χ2v) is 1.61. The lowest BCUT2D eigenvalue weighted by Crippen LogP contribution is -2.07. The van der Waals surface area contributed by atoms with Crippen LogP contribution in [0.4, 0.5) is 0 Å². The molecule has 0 N–H and O–H groups in total. The van der Waals surface area contributed by atoms with Gasteiger partial charge >= 0.3 is 0 Å². The lowest BCUT2D eigenvalue weighted by Gasteiger charge is -2.02. The lowest BCUT2D eigenvalue weighted by molar-refractivity contribution is 0.506. The minimum Gasteiger partial charge on any atom is -0.304 e. The molecule has 37 valence electrons. The molecule has 0 spiro atoms. The third-order valence-electron chi connectivity index (χ3n) is 0.434. The maximum atomic E-state index is 5.30. The molecule has 1 nitrogen and oxygen atoms in total. The molecular formula is C4H9ClN. The lowest BCUT2D eigenvalue weighted by atomic mass is 10.7. The molecular weight excluding hydrogens is 97.5 g/mol. The maximum Gasteiger partial charge on any atom is 0.0395 e. The van der Waals surface area contributed by atoms with Crippen molar-refractivity contribution in [3.05, 3.63) is 6.54 Å². The first kappa shape index (κ1) is 6.25. The average Bonchev–Trinajstić information content (AvgIpc) is 1.35. The van der Waals surface area contributed by atoms with Crippen molar-refractivity contribution in [3.8, 4) is 0 Å². The Labute approximate surface area is 43.9 Å². The fourth-order valence-corrected chi connectivity index (χ4v) is 0.414. The Morgan fingerprint density at radius 3 is 2.17 bits per heavy atom. The summed E-state index contributed by atoms with van der Waals surface area (Å²) in [6.45, 7) is 1.89. The zero-order valence-corrected chi connectivity index (χ0v) is 4.87. The van der Waals surface area contributed by atoms with Gasteiger partial charge in [-0.3, -0.25) is 0 Å². The number of hydrogen-bond acceptors (Lipinski definition) is 1. The summed E-state index contributed by atoms with van der Waals surface area (Å²) in [5.74, 6) is 0.604. The van der Waals surface area contributed by atoms with Gasteiger partial charge in [-0.05, 0) is 14.1 Å². The van der Waals surface area contributed by atoms with E-state index in [1.165, 1.54) is 0 Å². The molecule has 0 unspecified atom stereocenters. The van der Waals surface area contributed by atoms with E-state index in [1.54, 1.807) is 0 Å². The molecule has 0 aliphatic heterocycles. The molecule has 0 aliphatic carbocycles. The molecule has 0 aliphatic rings. The summed E-state index contributed by atoms with van der Waals surface area (Å²) >= 11 is 5.30. The number of nitrogens with zero attached hydrogens (tertiary/aromatic N) is 1. The summed E-state index contributed by atoms with van der Waals surface area (Å²) < 4.78 is 0. The van der Waals surface area contributed by atoms with Gasteiger partial charge in [0.1, 0.15) is 0 Å². The minimum atomic E-state index is 0.604. The quantitative estimate of drug-likeness (QED) is 0.474. The molecule has 0 saturated carbocycles. The van der Waals surface area contributed by atoms with Crippen molar-refractivity contribution in [2.45, 2.75) is 0 Å². The van der Waals surface area contributed by atoms with Gasteiger partial charge < -0.3 is 4.90 Å². The van der Waals surface area contributed by atoms with Crippen LogP contribution in [0.3, 0.4) is 0 Å². The van der Waals surface area contributed by atoms with E-state index in [1.807, 2.05) is 25.5 Å². The minimum absolute atomic E-state index is 0.604. The summed E-state index contributed by atoms with van der Waals surface area (Å²) in [6, 6.07) is 0. The van der Waals surface area contributed by atoms with Crippen molar-refractivity contribution in [1.29, 1.82) is 0 Å². The number of halogens is 1. The highest BCUT2D eigenvalue weighted by molar-refractivity contribution is 6.18. The fourth-order valence-electron chi connectivity index (χ4n) is 0.138. The van der Waals surface area contributed by atoms with E-state index in [0.717, 1.165) is 0 Å². The van der Waals surface area contributed by atoms with Gasteiger partial charge in [0, 0.05) is 12.4 Å². The van der Waals surface area contributed by atoms with Crippen LogP contribution in [0, 0.1) is 6.54 Å². The Morgan fingerprint density at radius 1 is 1.67 bits per heavy atom. The Balaban J connectivity index is 2.63. The van der Waals surface area contributed by atoms with Gasteiger partial charge in [-0.15, -0.1) is 11.6 Å². The van der Waals surface area contributed by atoms with Crippen LogP contribution in [0.5, 0.6) is 0 Å². The van der Waals surface area contributed by atoms with Crippen molar-refractivity contribution in [1.82, 2.24) is 4.90 Å². The Bertz CT molecular complexity index is 28.7. The van der Waals surface area contributed by atoms with Gasteiger partial charge in [0.15, 0.2) is 0 Å². The number of hydrogen-bond donors (Lipinski definition) is 0. The Morgan fingerprint density at radius 2 is 2.17 bits per heavy atom. The molecule has 0 atom stereocenters. The van der Waals surface area contributed by atoms with Crippen LogP contribution in [0.25, 0.3) is 0 Å². The van der Waals surface area contributed by atoms with Crippen molar-refractivity contribution in [2.24, 2.45) is 0 Å². The molecule has 0 aromatic rings. The van der Waals surface area contributed by atoms with Crippen LogP contribution in [0.1, 0.15) is 0 Å². The third kappa shape index (κ3) is 4.25. The zero-order valence-electron chi connectivity index (χ0n) is 4.11. The van der Waals surface area contributed by atoms with E-state index < -0.39 is 0 Å². The van der Waals surface area contributed by atoms with E-state index in [9.17, 15) is 0 Å². The van der Waals surface area contributed by atoms with Crippen LogP contribution in [0.15, 0.2) is 0 Å². The molecule has 0 bridgehead atoms. The largest absolute Gasteiger partial charge is 0.304 e. The van der Waals surface area contributed by atoms with Crippen LogP contribution < -0.4 is 0 Å². The SMILES string of the molecule is CN(C)[CH]CCl. The van der Waals surface area contributed by atoms with Gasteiger partial charge in [-0.2, -0.15) is 0 Å². The standard InChI is InChI=1S/C4H9ClN/c1-6(2)4-3-5/h4H,3H2,1-2H3. The first-order valence-corrected chi connectivity index (χ1v) is 2.36. The van der Waals surface area contributed by atoms with Crippen molar-refractivity contribution < 1.29 is 0 Å². The molecule has 0 fully saturated rings. The molecule has 0 aromatic carbocycles. The molecule has 0 saturated heterocycles. The van der Waals surface area contributed by atoms with Crippen LogP contribution in [0.2, 0.25) is 0 Å². The van der Waals surface area contributed by atoms with E-state index in [2.05, 4.69) is 0 Å². The number of rotatable bonds is 2. The fraction of sp³-hybridized carbons (Fsp3) is 0.750. The second-order valence-electron chi connectivity index (χ2n) is 1.30. The van der Waals surface area contributed by atoms with E-state index in [4.69, 9.17) is 11.6 Å². The van der Waals surface area contributed by atoms with Crippen molar-refractivity contribution >= 4 is 11.6 Å². The highest BCUT2D eigenvalue weighted by atomic mass is 35.5. The first-order chi connectivity index (χ1) is 2.77. The predicted octanol–water partition coefficient (Wildman–Crippen LogP) is 0.949. The topological polar surface area (TPSA) is 3.24 Å². The molecule has 2 heteroatoms. The Hall–Kier alpha value is 0.250. The van der Waals surface area contributed by atoms with Gasteiger partial charge in [-0.1, -0.05) is 0 Å². The zero-order chi connectivity index (χ0) is 4.99. The molecule has 1 radical (unpaired) electrons. The van der Waals surface area contributed by atoms with E-state index >= 15 is 0 Å². The highest BCUT2D eigenvalue weighted by Gasteiger charge is 1.82. The summed E-state index contributed by atoms with van der Waals surface area (Å²) in [6.07, 6.45) is 0. The maximum absolute atomic E-state index is 5.30. The molecule has 0 rings (SSSR count). The van der Waals surface area contributed by atoms with Gasteiger partial charge in [0.05, 0.1) is 0 Å². The third-order valence-corrected chi connectivity index (χ3v) is 0.572. The molecule has 0 aromatic heterocycles. The predicted molar refractivity (Wildman–Crippen MR) is 28.7 cm³/mol. The second kappa shape index (κ2) is 3.44. The van der Waals surface area contributed by atoms with E-state index in [0.29, 0.717) is 5.88 Å². The van der Waals surface area contributed by atoms with Crippen LogP contribution in [-0.4, -0.2) is 24.9 Å². The first-order valence-electron chi connectivity index (χ1n) is 1.83. The van der Waals surface area contributed by atoms with Crippen molar-refractivity contribution in [3.63, 3.8) is 0 Å². The normalized spacial score (nSPS) is 10.0. The summed E-state index contributed by atoms with van der Waals surface area (Å²) in [7, 11) is 3.89. The smallest absolute Gasteiger partial charge is 0.0395 e. The monoisotopic (exact) mass is 106 g/mol. The molecule has 0 amide bonds. The summed E-state index contributed by atoms with van der Waals surface area (Å²) in [5.41, 5.74) is 0. The van der Waals surface area contributed by atoms with E-state index in [-0.39, 0.29) is 0 Å². The molecule has 6 heavy (non-hydrogen) atoms. The number of alkyl halides is 1. The molecule has 0 heterocycles. The van der Waals surface area contributed by atoms with Crippen molar-refractivity contribution in [2.75, 3.05) is 20.0 Å². The van der Waals surface area contributed by atoms with Gasteiger partial charge in [0.25, 0.3) is 0 Å². The summed E-state index contributed by atoms with van der Waals surface area (Å²) in [4.78, 5) is 1.92. The summed E-state index contributed by atoms with van der Waals surface area (Å²) in [5, 5.41) is 0. The average molecular weight is 107 g/mol.